The molecule has 3 aromatic carbocycles. The Kier molecular flexibility index (Phi) is 8.25. The quantitative estimate of drug-likeness (QED) is 0.183. The van der Waals surface area contributed by atoms with Gasteiger partial charge in [-0.3, -0.25) is 6.08 Å². The van der Waals surface area contributed by atoms with Crippen LogP contribution in [-0.2, 0) is 39.0 Å². The first-order valence-corrected chi connectivity index (χ1v) is 11.4. The molecule has 4 aromatic rings. The first-order valence-electron chi connectivity index (χ1n) is 10.6. The van der Waals surface area contributed by atoms with Gasteiger partial charge in [0.15, 0.2) is 0 Å². The Hall–Kier alpha value is -1.76. The number of hydrogen-bond donors (Lipinski definition) is 0. The molecule has 0 bridgehead atoms. The predicted molar refractivity (Wildman–Crippen MR) is 131 cm³/mol. The number of fused-ring (bicyclic) bond motifs is 4. The molecule has 0 saturated heterocycles. The molecule has 0 unspecified atom stereocenters. The summed E-state index contributed by atoms with van der Waals surface area (Å²) in [5.41, 5.74) is 8.47. The van der Waals surface area contributed by atoms with E-state index in [2.05, 4.69) is 103 Å². The van der Waals surface area contributed by atoms with E-state index in [0.717, 1.165) is 6.42 Å². The molecule has 0 fully saturated rings. The smallest absolute Gasteiger partial charge is 0.332 e. The minimum absolute atomic E-state index is 0. The molecule has 1 nitrogen and oxygen atoms in total. The normalized spacial score (nSPS) is 14.1. The Labute approximate surface area is 209 Å². The van der Waals surface area contributed by atoms with Crippen molar-refractivity contribution < 1.29 is 26.2 Å². The molecule has 0 spiro atoms. The summed E-state index contributed by atoms with van der Waals surface area (Å²) >= 11 is 4.64. The summed E-state index contributed by atoms with van der Waals surface area (Å²) in [6, 6.07) is 22.1. The van der Waals surface area contributed by atoms with Gasteiger partial charge in [0.25, 0.3) is 0 Å². The third-order valence-corrected chi connectivity index (χ3v) is 6.16. The van der Waals surface area contributed by atoms with E-state index < -0.39 is 0 Å². The van der Waals surface area contributed by atoms with Crippen LogP contribution in [0.2, 0.25) is 0 Å². The molecule has 31 heavy (non-hydrogen) atoms. The number of allylic oxidation sites excluding steroid dienone is 4. The molecule has 1 aromatic heterocycles. The first kappa shape index (κ1) is 23.9. The van der Waals surface area contributed by atoms with Gasteiger partial charge < -0.3 is 4.57 Å². The molecule has 0 atom stereocenters. The van der Waals surface area contributed by atoms with Gasteiger partial charge in [-0.1, -0.05) is 31.2 Å². The van der Waals surface area contributed by atoms with Crippen molar-refractivity contribution in [3.63, 3.8) is 0 Å². The summed E-state index contributed by atoms with van der Waals surface area (Å²) in [6.45, 7) is 4.22. The number of aromatic nitrogens is 1. The van der Waals surface area contributed by atoms with Crippen molar-refractivity contribution in [3.8, 4) is 5.69 Å². The average Bonchev–Trinajstić information content (AvgIpc) is 3.54. The number of rotatable bonds is 1. The van der Waals surface area contributed by atoms with E-state index in [1.54, 1.807) is 5.56 Å². The topological polar surface area (TPSA) is 4.93 Å². The summed E-state index contributed by atoms with van der Waals surface area (Å²) < 4.78 is 2.48. The number of aryl methyl sites for hydroxylation is 1. The Morgan fingerprint density at radius 2 is 1.71 bits per heavy atom. The summed E-state index contributed by atoms with van der Waals surface area (Å²) in [5, 5.41) is 4.10. The Morgan fingerprint density at radius 1 is 0.968 bits per heavy atom. The van der Waals surface area contributed by atoms with Crippen molar-refractivity contribution in [2.45, 2.75) is 39.5 Å². The number of benzene rings is 2. The fraction of sp³-hybridized carbons (Fsp3) is 0.250. The third-order valence-electron chi connectivity index (χ3n) is 6.16. The first-order chi connectivity index (χ1) is 14.7. The van der Waals surface area contributed by atoms with Crippen molar-refractivity contribution in [1.29, 1.82) is 0 Å². The monoisotopic (exact) mass is 503 g/mol. The fourth-order valence-electron chi connectivity index (χ4n) is 4.54. The van der Waals surface area contributed by atoms with E-state index in [0.29, 0.717) is 0 Å². The van der Waals surface area contributed by atoms with E-state index in [4.69, 9.17) is 0 Å². The molecule has 2 aliphatic carbocycles. The number of alkyl halides is 1. The van der Waals surface area contributed by atoms with Gasteiger partial charge in [0.05, 0.1) is 5.52 Å². The third kappa shape index (κ3) is 4.71. The van der Waals surface area contributed by atoms with Gasteiger partial charge in [0.1, 0.15) is 0 Å². The number of nitrogens with zero attached hydrogens (tertiary/aromatic N) is 1. The molecular weight excluding hydrogens is 477 g/mol. The second-order valence-electron chi connectivity index (χ2n) is 7.87. The Bertz CT molecular complexity index is 1190. The largest absolute Gasteiger partial charge is 2.00 e. The van der Waals surface area contributed by atoms with Crippen LogP contribution < -0.4 is 0 Å². The molecule has 2 aliphatic rings. The van der Waals surface area contributed by atoms with Crippen LogP contribution in [0.25, 0.3) is 27.4 Å². The van der Waals surface area contributed by atoms with E-state index in [1.165, 1.54) is 69.8 Å². The number of hydrogen-bond acceptors (Lipinski definition) is 0. The molecule has 156 valence electrons. The SMILES string of the molecule is CC1=[C-]CC=C1C.CCl.[Zr+2].c1ccc2[cH-]c(-n3c4c(c5ccccc53)CCC4)cc2c1. The van der Waals surface area contributed by atoms with Gasteiger partial charge in [-0.05, 0) is 36.6 Å². The van der Waals surface area contributed by atoms with Crippen LogP contribution in [0.4, 0.5) is 0 Å². The van der Waals surface area contributed by atoms with Gasteiger partial charge >= 0.3 is 26.2 Å². The minimum atomic E-state index is 0. The molecule has 6 rings (SSSR count). The van der Waals surface area contributed by atoms with E-state index in [1.807, 2.05) is 0 Å². The Balaban J connectivity index is 0.000000233. The summed E-state index contributed by atoms with van der Waals surface area (Å²) in [5.74, 6) is 0. The van der Waals surface area contributed by atoms with Crippen molar-refractivity contribution in [2.24, 2.45) is 0 Å². The van der Waals surface area contributed by atoms with Crippen molar-refractivity contribution in [3.05, 3.63) is 95.2 Å². The zero-order valence-electron chi connectivity index (χ0n) is 18.5. The molecule has 1 heterocycles. The zero-order valence-corrected chi connectivity index (χ0v) is 21.7. The minimum Gasteiger partial charge on any atom is -0.332 e. The van der Waals surface area contributed by atoms with Crippen molar-refractivity contribution in [2.75, 3.05) is 6.38 Å². The van der Waals surface area contributed by atoms with Crippen LogP contribution >= 0.6 is 11.6 Å². The molecular formula is C28H28ClNZr. The van der Waals surface area contributed by atoms with Gasteiger partial charge in [0, 0.05) is 17.5 Å². The van der Waals surface area contributed by atoms with E-state index in [-0.39, 0.29) is 26.2 Å². The molecule has 0 saturated carbocycles. The van der Waals surface area contributed by atoms with Gasteiger partial charge in [-0.15, -0.1) is 66.0 Å². The van der Waals surface area contributed by atoms with E-state index >= 15 is 0 Å². The maximum Gasteiger partial charge on any atom is 2.00 e. The second-order valence-corrected chi connectivity index (χ2v) is 7.87. The van der Waals surface area contributed by atoms with Crippen LogP contribution in [0.3, 0.4) is 0 Å². The zero-order chi connectivity index (χ0) is 21.1. The average molecular weight is 505 g/mol. The summed E-state index contributed by atoms with van der Waals surface area (Å²) in [6.07, 6.45) is 11.6. The van der Waals surface area contributed by atoms with E-state index in [9.17, 15) is 0 Å². The van der Waals surface area contributed by atoms with Crippen molar-refractivity contribution >= 4 is 33.3 Å². The number of para-hydroxylation sites is 1. The molecule has 0 radical (unpaired) electrons. The fourth-order valence-corrected chi connectivity index (χ4v) is 4.54. The van der Waals surface area contributed by atoms with Crippen LogP contribution in [0, 0.1) is 6.08 Å². The van der Waals surface area contributed by atoms with Crippen LogP contribution in [0.5, 0.6) is 0 Å². The summed E-state index contributed by atoms with van der Waals surface area (Å²) in [4.78, 5) is 0. The van der Waals surface area contributed by atoms with Gasteiger partial charge in [-0.2, -0.15) is 6.08 Å². The second kappa shape index (κ2) is 10.7. The maximum absolute atomic E-state index is 4.64. The van der Waals surface area contributed by atoms with Crippen LogP contribution in [-0.4, -0.2) is 11.0 Å². The van der Waals surface area contributed by atoms with Crippen LogP contribution in [0.15, 0.2) is 77.9 Å². The van der Waals surface area contributed by atoms with Gasteiger partial charge in [-0.25, -0.2) is 11.1 Å². The molecule has 3 heteroatoms. The molecule has 0 N–H and O–H groups in total. The maximum atomic E-state index is 4.64. The standard InChI is InChI=1S/C20H16N.C7H9.CH3Cl.Zr/c1-2-7-15-13-16(12-14(15)6-1)21-19-10-4-3-8-17(19)18-9-5-11-20(18)21;1-6-4-3-5-7(6)2;1-2;/h1-4,6-8,10,12-13H,5,9,11H2;4H,3H2,1-2H3;1H3;/q2*-1;;+2. The molecule has 0 aliphatic heterocycles. The molecule has 0 amide bonds. The Morgan fingerprint density at radius 3 is 2.39 bits per heavy atom. The van der Waals surface area contributed by atoms with Gasteiger partial charge in [0.2, 0.25) is 0 Å². The predicted octanol–water partition coefficient (Wildman–Crippen LogP) is 7.93. The van der Waals surface area contributed by atoms with Crippen molar-refractivity contribution in [1.82, 2.24) is 4.57 Å². The summed E-state index contributed by atoms with van der Waals surface area (Å²) in [7, 11) is 0. The number of halogens is 1. The van der Waals surface area contributed by atoms with Crippen LogP contribution in [0.1, 0.15) is 37.9 Å².